The Balaban J connectivity index is 2.46. The van der Waals surface area contributed by atoms with Gasteiger partial charge < -0.3 is 5.11 Å². The standard InChI is InChI=1S/C14H19N3O/c1-10(2)8-17-14(13(9-18)15-16-17)12-6-4-11(3)5-7-12/h4-7,10,18H,8-9H2,1-3H3. The molecule has 1 aromatic heterocycles. The Bertz CT molecular complexity index is 514. The minimum Gasteiger partial charge on any atom is -0.390 e. The summed E-state index contributed by atoms with van der Waals surface area (Å²) < 4.78 is 1.88. The van der Waals surface area contributed by atoms with Gasteiger partial charge in [-0.15, -0.1) is 5.10 Å². The van der Waals surface area contributed by atoms with Crippen LogP contribution in [-0.2, 0) is 13.2 Å². The lowest BCUT2D eigenvalue weighted by Gasteiger charge is -2.10. The molecule has 0 saturated carbocycles. The molecular weight excluding hydrogens is 226 g/mol. The van der Waals surface area contributed by atoms with E-state index in [1.165, 1.54) is 5.56 Å². The number of aromatic nitrogens is 3. The van der Waals surface area contributed by atoms with Gasteiger partial charge in [0.1, 0.15) is 5.69 Å². The quantitative estimate of drug-likeness (QED) is 0.900. The van der Waals surface area contributed by atoms with Crippen LogP contribution in [0, 0.1) is 12.8 Å². The van der Waals surface area contributed by atoms with Crippen molar-refractivity contribution in [1.29, 1.82) is 0 Å². The first-order valence-corrected chi connectivity index (χ1v) is 6.22. The second-order valence-corrected chi connectivity index (χ2v) is 4.98. The number of benzene rings is 1. The maximum absolute atomic E-state index is 9.37. The average molecular weight is 245 g/mol. The lowest BCUT2D eigenvalue weighted by Crippen LogP contribution is -2.08. The van der Waals surface area contributed by atoms with E-state index in [0.717, 1.165) is 17.8 Å². The third-order valence-electron chi connectivity index (χ3n) is 2.82. The summed E-state index contributed by atoms with van der Waals surface area (Å²) >= 11 is 0. The number of rotatable bonds is 4. The summed E-state index contributed by atoms with van der Waals surface area (Å²) in [4.78, 5) is 0. The van der Waals surface area contributed by atoms with Crippen molar-refractivity contribution in [3.63, 3.8) is 0 Å². The molecule has 0 aliphatic heterocycles. The maximum Gasteiger partial charge on any atom is 0.116 e. The molecule has 0 amide bonds. The Hall–Kier alpha value is -1.68. The minimum absolute atomic E-state index is 0.0820. The van der Waals surface area contributed by atoms with Gasteiger partial charge in [-0.1, -0.05) is 48.9 Å². The van der Waals surface area contributed by atoms with E-state index in [9.17, 15) is 5.11 Å². The number of aryl methyl sites for hydroxylation is 1. The van der Waals surface area contributed by atoms with Crippen LogP contribution in [0.1, 0.15) is 25.1 Å². The van der Waals surface area contributed by atoms with Crippen LogP contribution in [-0.4, -0.2) is 20.1 Å². The molecule has 96 valence electrons. The number of nitrogens with zero attached hydrogens (tertiary/aromatic N) is 3. The predicted octanol–water partition coefficient (Wildman–Crippen LogP) is 2.40. The van der Waals surface area contributed by atoms with E-state index in [1.54, 1.807) is 0 Å². The molecule has 0 saturated heterocycles. The van der Waals surface area contributed by atoms with E-state index in [2.05, 4.69) is 43.2 Å². The molecule has 2 aromatic rings. The molecule has 18 heavy (non-hydrogen) atoms. The summed E-state index contributed by atoms with van der Waals surface area (Å²) in [5.41, 5.74) is 3.83. The smallest absolute Gasteiger partial charge is 0.116 e. The van der Waals surface area contributed by atoms with Crippen molar-refractivity contribution < 1.29 is 5.11 Å². The van der Waals surface area contributed by atoms with Gasteiger partial charge >= 0.3 is 0 Å². The summed E-state index contributed by atoms with van der Waals surface area (Å²) in [5.74, 6) is 0.488. The summed E-state index contributed by atoms with van der Waals surface area (Å²) in [6.07, 6.45) is 0. The van der Waals surface area contributed by atoms with E-state index in [-0.39, 0.29) is 6.61 Å². The highest BCUT2D eigenvalue weighted by Gasteiger charge is 2.14. The van der Waals surface area contributed by atoms with Crippen molar-refractivity contribution in [2.45, 2.75) is 33.9 Å². The van der Waals surface area contributed by atoms with Crippen LogP contribution >= 0.6 is 0 Å². The van der Waals surface area contributed by atoms with Crippen LogP contribution in [0.5, 0.6) is 0 Å². The van der Waals surface area contributed by atoms with E-state index in [4.69, 9.17) is 0 Å². The molecule has 0 aliphatic carbocycles. The number of aliphatic hydroxyl groups excluding tert-OH is 1. The van der Waals surface area contributed by atoms with Crippen molar-refractivity contribution in [3.05, 3.63) is 35.5 Å². The fraction of sp³-hybridized carbons (Fsp3) is 0.429. The third-order valence-corrected chi connectivity index (χ3v) is 2.82. The van der Waals surface area contributed by atoms with Crippen LogP contribution in [0.15, 0.2) is 24.3 Å². The van der Waals surface area contributed by atoms with Gasteiger partial charge in [-0.05, 0) is 12.8 Å². The fourth-order valence-electron chi connectivity index (χ4n) is 1.96. The highest BCUT2D eigenvalue weighted by molar-refractivity contribution is 5.62. The van der Waals surface area contributed by atoms with Crippen LogP contribution < -0.4 is 0 Å². The Morgan fingerprint density at radius 2 is 1.89 bits per heavy atom. The average Bonchev–Trinajstić information content (AvgIpc) is 2.72. The zero-order valence-electron chi connectivity index (χ0n) is 11.1. The van der Waals surface area contributed by atoms with Gasteiger partial charge in [0.2, 0.25) is 0 Å². The molecule has 1 heterocycles. The van der Waals surface area contributed by atoms with Crippen LogP contribution in [0.3, 0.4) is 0 Å². The van der Waals surface area contributed by atoms with Crippen molar-refractivity contribution in [2.75, 3.05) is 0 Å². The molecule has 0 fully saturated rings. The predicted molar refractivity (Wildman–Crippen MR) is 71.0 cm³/mol. The number of hydrogen-bond acceptors (Lipinski definition) is 3. The first-order chi connectivity index (χ1) is 8.61. The molecule has 0 spiro atoms. The van der Waals surface area contributed by atoms with Gasteiger partial charge in [0.25, 0.3) is 0 Å². The molecule has 2 rings (SSSR count). The Morgan fingerprint density at radius 3 is 2.44 bits per heavy atom. The number of hydrogen-bond donors (Lipinski definition) is 1. The molecule has 0 atom stereocenters. The van der Waals surface area contributed by atoms with Crippen molar-refractivity contribution >= 4 is 0 Å². The second kappa shape index (κ2) is 5.31. The summed E-state index contributed by atoms with van der Waals surface area (Å²) in [6, 6.07) is 8.21. The molecule has 0 bridgehead atoms. The monoisotopic (exact) mass is 245 g/mol. The lowest BCUT2D eigenvalue weighted by molar-refractivity contribution is 0.277. The highest BCUT2D eigenvalue weighted by Crippen LogP contribution is 2.23. The molecule has 4 nitrogen and oxygen atoms in total. The maximum atomic E-state index is 9.37. The molecule has 4 heteroatoms. The SMILES string of the molecule is Cc1ccc(-c2c(CO)nnn2CC(C)C)cc1. The zero-order chi connectivity index (χ0) is 13.1. The van der Waals surface area contributed by atoms with Gasteiger partial charge in [-0.25, -0.2) is 4.68 Å². The first-order valence-electron chi connectivity index (χ1n) is 6.22. The normalized spacial score (nSPS) is 11.2. The highest BCUT2D eigenvalue weighted by atomic mass is 16.3. The molecule has 0 aliphatic rings. The summed E-state index contributed by atoms with van der Waals surface area (Å²) in [7, 11) is 0. The van der Waals surface area contributed by atoms with Gasteiger partial charge in [-0.3, -0.25) is 0 Å². The fourth-order valence-corrected chi connectivity index (χ4v) is 1.96. The van der Waals surface area contributed by atoms with Crippen molar-refractivity contribution in [2.24, 2.45) is 5.92 Å². The third kappa shape index (κ3) is 2.59. The van der Waals surface area contributed by atoms with E-state index >= 15 is 0 Å². The topological polar surface area (TPSA) is 50.9 Å². The van der Waals surface area contributed by atoms with Gasteiger partial charge in [0.15, 0.2) is 0 Å². The molecule has 1 N–H and O–H groups in total. The molecular formula is C14H19N3O. The van der Waals surface area contributed by atoms with E-state index in [0.29, 0.717) is 11.6 Å². The van der Waals surface area contributed by atoms with Gasteiger partial charge in [-0.2, -0.15) is 0 Å². The largest absolute Gasteiger partial charge is 0.390 e. The molecule has 0 radical (unpaired) electrons. The van der Waals surface area contributed by atoms with E-state index < -0.39 is 0 Å². The van der Waals surface area contributed by atoms with Gasteiger partial charge in [0.05, 0.1) is 12.3 Å². The van der Waals surface area contributed by atoms with E-state index in [1.807, 2.05) is 16.8 Å². The number of aliphatic hydroxyl groups is 1. The zero-order valence-corrected chi connectivity index (χ0v) is 11.1. The Morgan fingerprint density at radius 1 is 1.22 bits per heavy atom. The van der Waals surface area contributed by atoms with Crippen LogP contribution in [0.2, 0.25) is 0 Å². The molecule has 0 unspecified atom stereocenters. The van der Waals surface area contributed by atoms with Crippen LogP contribution in [0.25, 0.3) is 11.3 Å². The first kappa shape index (κ1) is 12.8. The van der Waals surface area contributed by atoms with Crippen molar-refractivity contribution in [3.8, 4) is 11.3 Å². The summed E-state index contributed by atoms with van der Waals surface area (Å²) in [6.45, 7) is 7.05. The molecule has 1 aromatic carbocycles. The Kier molecular flexibility index (Phi) is 3.77. The second-order valence-electron chi connectivity index (χ2n) is 4.98. The van der Waals surface area contributed by atoms with Gasteiger partial charge in [0, 0.05) is 12.1 Å². The lowest BCUT2D eigenvalue weighted by atomic mass is 10.1. The van der Waals surface area contributed by atoms with Crippen LogP contribution in [0.4, 0.5) is 0 Å². The minimum atomic E-state index is -0.0820. The Labute approximate surface area is 107 Å². The van der Waals surface area contributed by atoms with Crippen molar-refractivity contribution in [1.82, 2.24) is 15.0 Å². The summed E-state index contributed by atoms with van der Waals surface area (Å²) in [5, 5.41) is 17.5.